The Hall–Kier alpha value is -3.32. The molecule has 3 heterocycles. The van der Waals surface area contributed by atoms with Crippen LogP contribution < -0.4 is 5.43 Å². The van der Waals surface area contributed by atoms with Crippen molar-refractivity contribution in [3.63, 3.8) is 0 Å². The molecule has 6 nitrogen and oxygen atoms in total. The summed E-state index contributed by atoms with van der Waals surface area (Å²) in [5.41, 5.74) is 3.30. The van der Waals surface area contributed by atoms with E-state index < -0.39 is 5.91 Å². The number of rotatable bonds is 5. The summed E-state index contributed by atoms with van der Waals surface area (Å²) >= 11 is 1.48. The third-order valence-electron chi connectivity index (χ3n) is 3.51. The number of hydrazone groups is 1. The molecule has 0 fully saturated rings. The van der Waals surface area contributed by atoms with Crippen LogP contribution in [0, 0.1) is 0 Å². The van der Waals surface area contributed by atoms with Crippen molar-refractivity contribution >= 4 is 34.8 Å². The van der Waals surface area contributed by atoms with Crippen molar-refractivity contribution in [3.05, 3.63) is 78.6 Å². The number of nitrogens with zero attached hydrogens (tertiary/aromatic N) is 2. The third kappa shape index (κ3) is 3.52. The normalized spacial score (nSPS) is 11.2. The molecule has 0 aliphatic heterocycles. The van der Waals surface area contributed by atoms with Gasteiger partial charge in [-0.15, -0.1) is 0 Å². The van der Waals surface area contributed by atoms with E-state index in [4.69, 9.17) is 8.83 Å². The van der Waals surface area contributed by atoms with Gasteiger partial charge < -0.3 is 8.83 Å². The second-order valence-electron chi connectivity index (χ2n) is 5.27. The Kier molecular flexibility index (Phi) is 4.53. The molecule has 1 amide bonds. The Morgan fingerprint density at radius 3 is 2.92 bits per heavy atom. The number of benzene rings is 1. The van der Waals surface area contributed by atoms with Crippen LogP contribution in [0.5, 0.6) is 0 Å². The summed E-state index contributed by atoms with van der Waals surface area (Å²) in [7, 11) is 0. The number of pyridine rings is 1. The molecular weight excluding hydrogens is 350 g/mol. The Labute approximate surface area is 152 Å². The molecule has 0 aliphatic carbocycles. The topological polar surface area (TPSA) is 80.6 Å². The van der Waals surface area contributed by atoms with E-state index in [1.165, 1.54) is 24.2 Å². The zero-order chi connectivity index (χ0) is 17.8. The number of carbonyl (C=O) groups is 1. The van der Waals surface area contributed by atoms with Gasteiger partial charge in [0.2, 0.25) is 0 Å². The summed E-state index contributed by atoms with van der Waals surface area (Å²) in [5, 5.41) is 5.65. The van der Waals surface area contributed by atoms with Gasteiger partial charge in [-0.05, 0) is 48.2 Å². The lowest BCUT2D eigenvalue weighted by atomic mass is 10.2. The molecule has 26 heavy (non-hydrogen) atoms. The molecule has 128 valence electrons. The van der Waals surface area contributed by atoms with E-state index in [0.29, 0.717) is 10.9 Å². The van der Waals surface area contributed by atoms with Crippen LogP contribution >= 0.6 is 11.8 Å². The molecule has 0 radical (unpaired) electrons. The number of aromatic nitrogens is 1. The SMILES string of the molecule is O=C(N/N=C/c1ccc(Sc2cccc3cccnc23)o1)c1ccco1. The molecule has 0 saturated heterocycles. The summed E-state index contributed by atoms with van der Waals surface area (Å²) in [6.45, 7) is 0. The Bertz CT molecular complexity index is 1070. The summed E-state index contributed by atoms with van der Waals surface area (Å²) in [4.78, 5) is 17.1. The minimum atomic E-state index is -0.422. The van der Waals surface area contributed by atoms with Crippen LogP contribution in [-0.4, -0.2) is 17.1 Å². The highest BCUT2D eigenvalue weighted by molar-refractivity contribution is 7.99. The average Bonchev–Trinajstić information content (AvgIpc) is 3.34. The molecular formula is C19H13N3O3S. The average molecular weight is 363 g/mol. The third-order valence-corrected chi connectivity index (χ3v) is 4.48. The number of nitrogens with one attached hydrogen (secondary N) is 1. The van der Waals surface area contributed by atoms with Gasteiger partial charge in [0.05, 0.1) is 18.0 Å². The predicted molar refractivity (Wildman–Crippen MR) is 98.3 cm³/mol. The van der Waals surface area contributed by atoms with E-state index in [-0.39, 0.29) is 5.76 Å². The quantitative estimate of drug-likeness (QED) is 0.421. The van der Waals surface area contributed by atoms with Crippen molar-refractivity contribution in [3.8, 4) is 0 Å². The predicted octanol–water partition coefficient (Wildman–Crippen LogP) is 4.34. The van der Waals surface area contributed by atoms with Crippen LogP contribution in [0.2, 0.25) is 0 Å². The van der Waals surface area contributed by atoms with E-state index in [2.05, 4.69) is 15.5 Å². The number of para-hydroxylation sites is 1. The molecule has 0 saturated carbocycles. The van der Waals surface area contributed by atoms with E-state index in [9.17, 15) is 4.79 Å². The lowest BCUT2D eigenvalue weighted by molar-refractivity contribution is 0.0927. The van der Waals surface area contributed by atoms with Gasteiger partial charge in [0.25, 0.3) is 0 Å². The molecule has 4 rings (SSSR count). The van der Waals surface area contributed by atoms with Crippen LogP contribution in [-0.2, 0) is 0 Å². The fourth-order valence-corrected chi connectivity index (χ4v) is 3.25. The van der Waals surface area contributed by atoms with Crippen LogP contribution in [0.1, 0.15) is 16.3 Å². The second kappa shape index (κ2) is 7.28. The highest BCUT2D eigenvalue weighted by Gasteiger charge is 2.08. The Morgan fingerprint density at radius 2 is 2.04 bits per heavy atom. The molecule has 4 aromatic rings. The maximum absolute atomic E-state index is 11.7. The van der Waals surface area contributed by atoms with Gasteiger partial charge in [0, 0.05) is 16.5 Å². The van der Waals surface area contributed by atoms with Gasteiger partial charge in [0.1, 0.15) is 5.76 Å². The minimum Gasteiger partial charge on any atom is -0.459 e. The van der Waals surface area contributed by atoms with Crippen molar-refractivity contribution in [2.24, 2.45) is 5.10 Å². The van der Waals surface area contributed by atoms with Crippen molar-refractivity contribution in [1.82, 2.24) is 10.4 Å². The molecule has 1 N–H and O–H groups in total. The van der Waals surface area contributed by atoms with Crippen molar-refractivity contribution in [1.29, 1.82) is 0 Å². The molecule has 0 unspecified atom stereocenters. The van der Waals surface area contributed by atoms with Crippen LogP contribution in [0.4, 0.5) is 0 Å². The number of carbonyl (C=O) groups excluding carboxylic acids is 1. The van der Waals surface area contributed by atoms with E-state index in [1.807, 2.05) is 36.4 Å². The number of fused-ring (bicyclic) bond motifs is 1. The van der Waals surface area contributed by atoms with Gasteiger partial charge >= 0.3 is 5.91 Å². The molecule has 1 aromatic carbocycles. The lowest BCUT2D eigenvalue weighted by Gasteiger charge is -2.02. The smallest absolute Gasteiger partial charge is 0.307 e. The molecule has 3 aromatic heterocycles. The van der Waals surface area contributed by atoms with Gasteiger partial charge in [-0.25, -0.2) is 5.43 Å². The van der Waals surface area contributed by atoms with Crippen LogP contribution in [0.25, 0.3) is 10.9 Å². The zero-order valence-electron chi connectivity index (χ0n) is 13.5. The summed E-state index contributed by atoms with van der Waals surface area (Å²) < 4.78 is 10.7. The van der Waals surface area contributed by atoms with Crippen molar-refractivity contribution in [2.45, 2.75) is 9.99 Å². The fraction of sp³-hybridized carbons (Fsp3) is 0. The first kappa shape index (κ1) is 16.2. The van der Waals surface area contributed by atoms with Gasteiger partial charge in [-0.1, -0.05) is 18.2 Å². The van der Waals surface area contributed by atoms with E-state index in [1.54, 1.807) is 24.4 Å². The monoisotopic (exact) mass is 363 g/mol. The largest absolute Gasteiger partial charge is 0.459 e. The van der Waals surface area contributed by atoms with Crippen LogP contribution in [0.3, 0.4) is 0 Å². The second-order valence-corrected chi connectivity index (χ2v) is 6.31. The maximum Gasteiger partial charge on any atom is 0.307 e. The number of hydrogen-bond donors (Lipinski definition) is 1. The Balaban J connectivity index is 1.44. The first-order chi connectivity index (χ1) is 12.8. The summed E-state index contributed by atoms with van der Waals surface area (Å²) in [6, 6.07) is 16.8. The first-order valence-electron chi connectivity index (χ1n) is 7.78. The summed E-state index contributed by atoms with van der Waals surface area (Å²) in [6.07, 6.45) is 4.64. The standard InChI is InChI=1S/C19H13N3O3S/c23-19(15-6-3-11-24-15)22-21-12-14-8-9-17(25-14)26-16-7-1-4-13-5-2-10-20-18(13)16/h1-12H,(H,22,23)/b21-12+. The highest BCUT2D eigenvalue weighted by Crippen LogP contribution is 2.33. The lowest BCUT2D eigenvalue weighted by Crippen LogP contribution is -2.16. The van der Waals surface area contributed by atoms with E-state index >= 15 is 0 Å². The molecule has 0 aliphatic rings. The maximum atomic E-state index is 11.7. The summed E-state index contributed by atoms with van der Waals surface area (Å²) in [5.74, 6) is 0.302. The zero-order valence-corrected chi connectivity index (χ0v) is 14.3. The first-order valence-corrected chi connectivity index (χ1v) is 8.59. The highest BCUT2D eigenvalue weighted by atomic mass is 32.2. The molecule has 0 bridgehead atoms. The fourth-order valence-electron chi connectivity index (χ4n) is 2.34. The van der Waals surface area contributed by atoms with Gasteiger partial charge in [0.15, 0.2) is 10.9 Å². The molecule has 0 spiro atoms. The van der Waals surface area contributed by atoms with Gasteiger partial charge in [-0.3, -0.25) is 9.78 Å². The van der Waals surface area contributed by atoms with E-state index in [0.717, 1.165) is 15.8 Å². The number of furan rings is 2. The minimum absolute atomic E-state index is 0.196. The number of hydrogen-bond acceptors (Lipinski definition) is 6. The van der Waals surface area contributed by atoms with Gasteiger partial charge in [-0.2, -0.15) is 5.10 Å². The molecule has 7 heteroatoms. The van der Waals surface area contributed by atoms with Crippen LogP contribution in [0.15, 0.2) is 91.0 Å². The van der Waals surface area contributed by atoms with Crippen molar-refractivity contribution in [2.75, 3.05) is 0 Å². The number of amides is 1. The van der Waals surface area contributed by atoms with Crippen molar-refractivity contribution < 1.29 is 13.6 Å². The molecule has 0 atom stereocenters. The Morgan fingerprint density at radius 1 is 1.12 bits per heavy atom.